The molecular formula is C12H19N3O3. The van der Waals surface area contributed by atoms with Gasteiger partial charge in [0.1, 0.15) is 5.92 Å². The summed E-state index contributed by atoms with van der Waals surface area (Å²) in [5, 5.41) is 11.7. The van der Waals surface area contributed by atoms with Gasteiger partial charge in [-0.25, -0.2) is 4.98 Å². The summed E-state index contributed by atoms with van der Waals surface area (Å²) >= 11 is 0. The molecule has 0 aromatic carbocycles. The van der Waals surface area contributed by atoms with Gasteiger partial charge in [0.25, 0.3) is 0 Å². The predicted octanol–water partition coefficient (Wildman–Crippen LogP) is 0.746. The van der Waals surface area contributed by atoms with E-state index in [1.807, 2.05) is 4.57 Å². The summed E-state index contributed by atoms with van der Waals surface area (Å²) in [6.45, 7) is 6.17. The van der Waals surface area contributed by atoms with E-state index in [2.05, 4.69) is 10.3 Å². The Bertz CT molecular complexity index is 407. The molecule has 1 unspecified atom stereocenters. The molecule has 1 aromatic rings. The SMILES string of the molecule is CC(C)(C)C(C(=O)O)C(=O)NCCn1ccnc1. The van der Waals surface area contributed by atoms with Crippen LogP contribution < -0.4 is 5.32 Å². The van der Waals surface area contributed by atoms with Gasteiger partial charge in [-0.15, -0.1) is 0 Å². The summed E-state index contributed by atoms with van der Waals surface area (Å²) in [6, 6.07) is 0. The van der Waals surface area contributed by atoms with Gasteiger partial charge in [-0.05, 0) is 5.41 Å². The van der Waals surface area contributed by atoms with E-state index in [9.17, 15) is 9.59 Å². The maximum atomic E-state index is 11.8. The van der Waals surface area contributed by atoms with Crippen LogP contribution in [0.15, 0.2) is 18.7 Å². The fraction of sp³-hybridized carbons (Fsp3) is 0.583. The summed E-state index contributed by atoms with van der Waals surface area (Å²) in [4.78, 5) is 26.8. The van der Waals surface area contributed by atoms with Crippen molar-refractivity contribution < 1.29 is 14.7 Å². The summed E-state index contributed by atoms with van der Waals surface area (Å²) in [6.07, 6.45) is 5.08. The van der Waals surface area contributed by atoms with Crippen molar-refractivity contribution in [1.82, 2.24) is 14.9 Å². The quantitative estimate of drug-likeness (QED) is 0.758. The van der Waals surface area contributed by atoms with Crippen molar-refractivity contribution in [2.45, 2.75) is 27.3 Å². The maximum absolute atomic E-state index is 11.8. The first-order valence-electron chi connectivity index (χ1n) is 5.78. The Morgan fingerprint density at radius 3 is 2.56 bits per heavy atom. The van der Waals surface area contributed by atoms with Crippen LogP contribution in [0.3, 0.4) is 0 Å². The number of nitrogens with one attached hydrogen (secondary N) is 1. The third-order valence-corrected chi connectivity index (χ3v) is 2.60. The van der Waals surface area contributed by atoms with Gasteiger partial charge in [-0.3, -0.25) is 9.59 Å². The highest BCUT2D eigenvalue weighted by Crippen LogP contribution is 2.26. The topological polar surface area (TPSA) is 84.2 Å². The lowest BCUT2D eigenvalue weighted by Gasteiger charge is -2.25. The van der Waals surface area contributed by atoms with Gasteiger partial charge < -0.3 is 15.0 Å². The Morgan fingerprint density at radius 1 is 1.44 bits per heavy atom. The number of carbonyl (C=O) groups is 2. The molecule has 0 spiro atoms. The van der Waals surface area contributed by atoms with Crippen LogP contribution in [-0.4, -0.2) is 33.1 Å². The molecule has 100 valence electrons. The number of imidazole rings is 1. The first kappa shape index (κ1) is 14.2. The molecule has 1 heterocycles. The number of rotatable bonds is 5. The third kappa shape index (κ3) is 3.87. The second-order valence-corrected chi connectivity index (χ2v) is 5.23. The van der Waals surface area contributed by atoms with E-state index in [4.69, 9.17) is 5.11 Å². The Labute approximate surface area is 106 Å². The van der Waals surface area contributed by atoms with Crippen molar-refractivity contribution in [2.24, 2.45) is 11.3 Å². The number of hydrogen-bond acceptors (Lipinski definition) is 3. The number of carbonyl (C=O) groups excluding carboxylic acids is 1. The monoisotopic (exact) mass is 253 g/mol. The zero-order valence-electron chi connectivity index (χ0n) is 10.9. The van der Waals surface area contributed by atoms with Crippen LogP contribution in [0.4, 0.5) is 0 Å². The Hall–Kier alpha value is -1.85. The van der Waals surface area contributed by atoms with Crippen molar-refractivity contribution in [3.63, 3.8) is 0 Å². The van der Waals surface area contributed by atoms with Gasteiger partial charge >= 0.3 is 5.97 Å². The van der Waals surface area contributed by atoms with Gasteiger partial charge in [-0.2, -0.15) is 0 Å². The number of carboxylic acids is 1. The molecule has 0 saturated carbocycles. The Balaban J connectivity index is 2.50. The van der Waals surface area contributed by atoms with Gasteiger partial charge in [0, 0.05) is 25.5 Å². The highest BCUT2D eigenvalue weighted by molar-refractivity contribution is 5.97. The molecule has 0 bridgehead atoms. The second kappa shape index (κ2) is 5.66. The van der Waals surface area contributed by atoms with Crippen LogP contribution in [0.2, 0.25) is 0 Å². The van der Waals surface area contributed by atoms with E-state index in [0.29, 0.717) is 13.1 Å². The smallest absolute Gasteiger partial charge is 0.316 e. The molecule has 1 aromatic heterocycles. The lowest BCUT2D eigenvalue weighted by Crippen LogP contribution is -2.43. The third-order valence-electron chi connectivity index (χ3n) is 2.60. The van der Waals surface area contributed by atoms with Crippen LogP contribution in [0.25, 0.3) is 0 Å². The number of hydrogen-bond donors (Lipinski definition) is 2. The van der Waals surface area contributed by atoms with Crippen LogP contribution >= 0.6 is 0 Å². The average molecular weight is 253 g/mol. The van der Waals surface area contributed by atoms with Gasteiger partial charge in [0.15, 0.2) is 0 Å². The molecular weight excluding hydrogens is 234 g/mol. The lowest BCUT2D eigenvalue weighted by molar-refractivity contribution is -0.151. The van der Waals surface area contributed by atoms with Crippen LogP contribution in [0.1, 0.15) is 20.8 Å². The summed E-state index contributed by atoms with van der Waals surface area (Å²) in [5.41, 5.74) is -0.606. The first-order chi connectivity index (χ1) is 8.32. The molecule has 1 atom stereocenters. The van der Waals surface area contributed by atoms with Crippen molar-refractivity contribution in [3.05, 3.63) is 18.7 Å². The molecule has 0 aliphatic heterocycles. The summed E-state index contributed by atoms with van der Waals surface area (Å²) in [7, 11) is 0. The molecule has 1 amide bonds. The minimum atomic E-state index is -1.09. The number of amides is 1. The summed E-state index contributed by atoms with van der Waals surface area (Å²) in [5.74, 6) is -2.59. The van der Waals surface area contributed by atoms with Crippen LogP contribution in [0.5, 0.6) is 0 Å². The van der Waals surface area contributed by atoms with E-state index < -0.39 is 23.2 Å². The van der Waals surface area contributed by atoms with Crippen LogP contribution in [-0.2, 0) is 16.1 Å². The van der Waals surface area contributed by atoms with E-state index >= 15 is 0 Å². The van der Waals surface area contributed by atoms with Crippen LogP contribution in [0, 0.1) is 11.3 Å². The van der Waals surface area contributed by atoms with E-state index in [1.165, 1.54) is 0 Å². The molecule has 0 radical (unpaired) electrons. The largest absolute Gasteiger partial charge is 0.481 e. The highest BCUT2D eigenvalue weighted by Gasteiger charge is 2.37. The number of aliphatic carboxylic acids is 1. The number of carboxylic acid groups (broad SMARTS) is 1. The van der Waals surface area contributed by atoms with Crippen molar-refractivity contribution in [1.29, 1.82) is 0 Å². The van der Waals surface area contributed by atoms with E-state index in [-0.39, 0.29) is 0 Å². The normalized spacial score (nSPS) is 13.1. The molecule has 0 fully saturated rings. The fourth-order valence-electron chi connectivity index (χ4n) is 1.71. The van der Waals surface area contributed by atoms with Gasteiger partial charge in [0.05, 0.1) is 6.33 Å². The van der Waals surface area contributed by atoms with Crippen molar-refractivity contribution >= 4 is 11.9 Å². The average Bonchev–Trinajstić information content (AvgIpc) is 2.67. The maximum Gasteiger partial charge on any atom is 0.316 e. The highest BCUT2D eigenvalue weighted by atomic mass is 16.4. The molecule has 18 heavy (non-hydrogen) atoms. The molecule has 0 aliphatic rings. The van der Waals surface area contributed by atoms with Crippen molar-refractivity contribution in [2.75, 3.05) is 6.54 Å². The molecule has 2 N–H and O–H groups in total. The second-order valence-electron chi connectivity index (χ2n) is 5.23. The summed E-state index contributed by atoms with van der Waals surface area (Å²) < 4.78 is 1.81. The number of aromatic nitrogens is 2. The van der Waals surface area contributed by atoms with E-state index in [0.717, 1.165) is 0 Å². The first-order valence-corrected chi connectivity index (χ1v) is 5.78. The molecule has 6 heteroatoms. The van der Waals surface area contributed by atoms with E-state index in [1.54, 1.807) is 39.5 Å². The zero-order valence-corrected chi connectivity index (χ0v) is 10.9. The predicted molar refractivity (Wildman–Crippen MR) is 65.8 cm³/mol. The Morgan fingerprint density at radius 2 is 2.11 bits per heavy atom. The molecule has 0 saturated heterocycles. The molecule has 6 nitrogen and oxygen atoms in total. The minimum Gasteiger partial charge on any atom is -0.481 e. The van der Waals surface area contributed by atoms with Gasteiger partial charge in [0.2, 0.25) is 5.91 Å². The van der Waals surface area contributed by atoms with Crippen molar-refractivity contribution in [3.8, 4) is 0 Å². The lowest BCUT2D eigenvalue weighted by atomic mass is 9.80. The standard InChI is InChI=1S/C12H19N3O3/c1-12(2,3)9(11(17)18)10(16)14-5-7-15-6-4-13-8-15/h4,6,8-9H,5,7H2,1-3H3,(H,14,16)(H,17,18). The molecule has 1 rings (SSSR count). The fourth-order valence-corrected chi connectivity index (χ4v) is 1.71. The molecule has 0 aliphatic carbocycles. The zero-order chi connectivity index (χ0) is 13.8. The minimum absolute atomic E-state index is 0.384. The Kier molecular flexibility index (Phi) is 4.47. The van der Waals surface area contributed by atoms with Gasteiger partial charge in [-0.1, -0.05) is 20.8 Å². The number of nitrogens with zero attached hydrogens (tertiary/aromatic N) is 2.